The summed E-state index contributed by atoms with van der Waals surface area (Å²) < 4.78 is 0.779. The van der Waals surface area contributed by atoms with Crippen LogP contribution in [0, 0.1) is 0 Å². The van der Waals surface area contributed by atoms with Crippen LogP contribution in [-0.4, -0.2) is 18.5 Å². The van der Waals surface area contributed by atoms with Crippen LogP contribution in [0.5, 0.6) is 0 Å². The van der Waals surface area contributed by atoms with E-state index in [1.165, 1.54) is 0 Å². The molecule has 6 heteroatoms. The minimum atomic E-state index is -0.136. The van der Waals surface area contributed by atoms with Crippen molar-refractivity contribution in [3.05, 3.63) is 26.7 Å². The summed E-state index contributed by atoms with van der Waals surface area (Å²) in [5, 5.41) is 6.66. The Morgan fingerprint density at radius 3 is 2.47 bits per heavy atom. The van der Waals surface area contributed by atoms with Crippen molar-refractivity contribution in [1.29, 1.82) is 0 Å². The number of carbonyl (C=O) groups is 1. The fraction of sp³-hybridized carbons (Fsp3) is 0.364. The van der Waals surface area contributed by atoms with Gasteiger partial charge in [-0.05, 0) is 25.0 Å². The third-order valence-corrected chi connectivity index (χ3v) is 3.45. The van der Waals surface area contributed by atoms with E-state index in [9.17, 15) is 4.79 Å². The second kappa shape index (κ2) is 5.57. The van der Waals surface area contributed by atoms with Gasteiger partial charge in [-0.25, -0.2) is 0 Å². The van der Waals surface area contributed by atoms with Crippen molar-refractivity contribution in [2.75, 3.05) is 11.9 Å². The van der Waals surface area contributed by atoms with Crippen LogP contribution in [0.25, 0.3) is 0 Å². The molecule has 1 aliphatic rings. The second-order valence-corrected chi connectivity index (χ2v) is 5.68. The number of hydrogen-bond donors (Lipinski definition) is 2. The fourth-order valence-corrected chi connectivity index (χ4v) is 2.67. The number of rotatable bonds is 4. The molecule has 1 aromatic rings. The summed E-state index contributed by atoms with van der Waals surface area (Å²) in [6.45, 7) is 0.285. The molecule has 3 nitrogen and oxygen atoms in total. The summed E-state index contributed by atoms with van der Waals surface area (Å²) in [7, 11) is 0. The van der Waals surface area contributed by atoms with Gasteiger partial charge in [0.1, 0.15) is 0 Å². The standard InChI is InChI=1S/C11H11BrCl2N2O/c12-6-3-8(13)11(9(14)4-6)16-10(17)5-15-7-1-2-7/h3-4,7,15H,1-2,5H2,(H,16,17). The molecule has 0 aliphatic heterocycles. The predicted octanol–water partition coefficient (Wildman–Crippen LogP) is 3.45. The lowest BCUT2D eigenvalue weighted by atomic mass is 10.3. The molecule has 2 N–H and O–H groups in total. The molecule has 0 bridgehead atoms. The second-order valence-electron chi connectivity index (χ2n) is 3.95. The van der Waals surface area contributed by atoms with Crippen molar-refractivity contribution in [2.45, 2.75) is 18.9 Å². The number of hydrogen-bond acceptors (Lipinski definition) is 2. The zero-order chi connectivity index (χ0) is 12.4. The van der Waals surface area contributed by atoms with Crippen molar-refractivity contribution in [2.24, 2.45) is 0 Å². The first-order chi connectivity index (χ1) is 8.06. The van der Waals surface area contributed by atoms with E-state index >= 15 is 0 Å². The maximum absolute atomic E-state index is 11.6. The third-order valence-electron chi connectivity index (χ3n) is 2.40. The van der Waals surface area contributed by atoms with Gasteiger partial charge < -0.3 is 10.6 Å². The van der Waals surface area contributed by atoms with Crippen molar-refractivity contribution in [3.63, 3.8) is 0 Å². The highest BCUT2D eigenvalue weighted by atomic mass is 79.9. The number of amides is 1. The van der Waals surface area contributed by atoms with Gasteiger partial charge in [0.05, 0.1) is 22.3 Å². The number of carbonyl (C=O) groups excluding carboxylic acids is 1. The van der Waals surface area contributed by atoms with Gasteiger partial charge in [0, 0.05) is 10.5 Å². The van der Waals surface area contributed by atoms with E-state index in [0.717, 1.165) is 17.3 Å². The Bertz CT molecular complexity index is 426. The van der Waals surface area contributed by atoms with E-state index in [1.54, 1.807) is 12.1 Å². The molecular formula is C11H11BrCl2N2O. The lowest BCUT2D eigenvalue weighted by Crippen LogP contribution is -2.29. The third kappa shape index (κ3) is 3.85. The molecule has 1 amide bonds. The monoisotopic (exact) mass is 336 g/mol. The maximum Gasteiger partial charge on any atom is 0.238 e. The number of anilines is 1. The van der Waals surface area contributed by atoms with Crippen molar-refractivity contribution >= 4 is 50.7 Å². The maximum atomic E-state index is 11.6. The largest absolute Gasteiger partial charge is 0.322 e. The number of nitrogens with one attached hydrogen (secondary N) is 2. The Hall–Kier alpha value is -0.290. The summed E-state index contributed by atoms with van der Waals surface area (Å²) in [5.74, 6) is -0.136. The van der Waals surface area contributed by atoms with E-state index in [2.05, 4.69) is 26.6 Å². The van der Waals surface area contributed by atoms with E-state index in [-0.39, 0.29) is 12.5 Å². The van der Waals surface area contributed by atoms with Crippen LogP contribution in [0.3, 0.4) is 0 Å². The van der Waals surface area contributed by atoms with Gasteiger partial charge in [-0.1, -0.05) is 39.1 Å². The minimum Gasteiger partial charge on any atom is -0.322 e. The van der Waals surface area contributed by atoms with E-state index in [0.29, 0.717) is 21.8 Å². The molecule has 0 radical (unpaired) electrons. The van der Waals surface area contributed by atoms with Gasteiger partial charge in [0.25, 0.3) is 0 Å². The Kier molecular flexibility index (Phi) is 4.31. The molecule has 0 atom stereocenters. The molecule has 2 rings (SSSR count). The van der Waals surface area contributed by atoms with Crippen LogP contribution in [0.4, 0.5) is 5.69 Å². The quantitative estimate of drug-likeness (QED) is 0.883. The van der Waals surface area contributed by atoms with Gasteiger partial charge in [-0.3, -0.25) is 4.79 Å². The van der Waals surface area contributed by atoms with E-state index < -0.39 is 0 Å². The molecule has 0 heterocycles. The van der Waals surface area contributed by atoms with Gasteiger partial charge in [-0.15, -0.1) is 0 Å². The van der Waals surface area contributed by atoms with Gasteiger partial charge in [-0.2, -0.15) is 0 Å². The molecule has 17 heavy (non-hydrogen) atoms. The highest BCUT2D eigenvalue weighted by molar-refractivity contribution is 9.10. The molecule has 1 saturated carbocycles. The molecule has 92 valence electrons. The Morgan fingerprint density at radius 1 is 1.35 bits per heavy atom. The van der Waals surface area contributed by atoms with Crippen molar-refractivity contribution in [1.82, 2.24) is 5.32 Å². The normalized spacial score (nSPS) is 14.8. The summed E-state index contributed by atoms with van der Waals surface area (Å²) in [6.07, 6.45) is 2.29. The fourth-order valence-electron chi connectivity index (χ4n) is 1.37. The zero-order valence-corrected chi connectivity index (χ0v) is 12.0. The Labute approximate surface area is 118 Å². The van der Waals surface area contributed by atoms with Gasteiger partial charge in [0.2, 0.25) is 5.91 Å². The van der Waals surface area contributed by atoms with Gasteiger partial charge in [0.15, 0.2) is 0 Å². The Balaban J connectivity index is 1.99. The van der Waals surface area contributed by atoms with Crippen molar-refractivity contribution in [3.8, 4) is 0 Å². The number of benzene rings is 1. The van der Waals surface area contributed by atoms with Crippen LogP contribution in [0.1, 0.15) is 12.8 Å². The van der Waals surface area contributed by atoms with E-state index in [4.69, 9.17) is 23.2 Å². The molecule has 0 unspecified atom stereocenters. The molecule has 1 aromatic carbocycles. The smallest absolute Gasteiger partial charge is 0.238 e. The molecule has 1 aliphatic carbocycles. The molecule has 0 spiro atoms. The van der Waals surface area contributed by atoms with Crippen LogP contribution < -0.4 is 10.6 Å². The molecule has 1 fully saturated rings. The van der Waals surface area contributed by atoms with Crippen molar-refractivity contribution < 1.29 is 4.79 Å². The lowest BCUT2D eigenvalue weighted by Gasteiger charge is -2.10. The highest BCUT2D eigenvalue weighted by Crippen LogP contribution is 2.33. The number of halogens is 3. The topological polar surface area (TPSA) is 41.1 Å². The molecular weight excluding hydrogens is 327 g/mol. The minimum absolute atomic E-state index is 0.136. The average Bonchev–Trinajstić information content (AvgIpc) is 3.04. The predicted molar refractivity (Wildman–Crippen MR) is 73.8 cm³/mol. The summed E-state index contributed by atoms with van der Waals surface area (Å²) in [6, 6.07) is 3.88. The summed E-state index contributed by atoms with van der Waals surface area (Å²) in [5.41, 5.74) is 0.458. The first kappa shape index (κ1) is 13.1. The van der Waals surface area contributed by atoms with Crippen LogP contribution in [0.15, 0.2) is 16.6 Å². The average molecular weight is 338 g/mol. The van der Waals surface area contributed by atoms with E-state index in [1.807, 2.05) is 0 Å². The van der Waals surface area contributed by atoms with Crippen LogP contribution in [0.2, 0.25) is 10.0 Å². The van der Waals surface area contributed by atoms with Crippen LogP contribution in [-0.2, 0) is 4.79 Å². The molecule has 0 saturated heterocycles. The zero-order valence-electron chi connectivity index (χ0n) is 8.90. The summed E-state index contributed by atoms with van der Waals surface area (Å²) in [4.78, 5) is 11.6. The Morgan fingerprint density at radius 2 is 1.94 bits per heavy atom. The summed E-state index contributed by atoms with van der Waals surface area (Å²) >= 11 is 15.3. The first-order valence-electron chi connectivity index (χ1n) is 5.24. The van der Waals surface area contributed by atoms with Gasteiger partial charge >= 0.3 is 0 Å². The first-order valence-corrected chi connectivity index (χ1v) is 6.79. The van der Waals surface area contributed by atoms with Crippen LogP contribution >= 0.6 is 39.1 Å². The highest BCUT2D eigenvalue weighted by Gasteiger charge is 2.21. The SMILES string of the molecule is O=C(CNC1CC1)Nc1c(Cl)cc(Br)cc1Cl. The molecule has 0 aromatic heterocycles. The lowest BCUT2D eigenvalue weighted by molar-refractivity contribution is -0.115.